The van der Waals surface area contributed by atoms with Gasteiger partial charge in [-0.2, -0.15) is 0 Å². The van der Waals surface area contributed by atoms with E-state index in [2.05, 4.69) is 39.1 Å². The lowest BCUT2D eigenvalue weighted by molar-refractivity contribution is -0.116. The number of aromatic amines is 1. The quantitative estimate of drug-likeness (QED) is 0.310. The van der Waals surface area contributed by atoms with Crippen molar-refractivity contribution in [2.24, 2.45) is 0 Å². The molecule has 5 aromatic rings. The van der Waals surface area contributed by atoms with E-state index >= 15 is 0 Å². The number of Topliss-reactive ketones (excluding diaryl/α,β-unsaturated/α-hetero) is 1. The largest absolute Gasteiger partial charge is 0.361 e. The zero-order valence-electron chi connectivity index (χ0n) is 18.3. The Labute approximate surface area is 201 Å². The molecule has 7 rings (SSSR count). The molecular weight excluding hydrogens is 444 g/mol. The number of ketones is 1. The molecule has 2 aromatic heterocycles. The molecule has 0 fully saturated rings. The van der Waals surface area contributed by atoms with Crippen LogP contribution in [0.4, 0.5) is 5.95 Å². The number of aromatic nitrogens is 3. The number of allylic oxidation sites excluding steroid dienone is 2. The summed E-state index contributed by atoms with van der Waals surface area (Å²) in [6.07, 6.45) is 3.24. The smallest absolute Gasteiger partial charge is 0.209 e. The number of anilines is 1. The number of rotatable bonds is 2. The van der Waals surface area contributed by atoms with Crippen LogP contribution in [0.15, 0.2) is 90.3 Å². The van der Waals surface area contributed by atoms with E-state index in [1.165, 1.54) is 0 Å². The predicted octanol–water partition coefficient (Wildman–Crippen LogP) is 6.59. The summed E-state index contributed by atoms with van der Waals surface area (Å²) in [5.74, 6) is 1.02. The first kappa shape index (κ1) is 19.6. The molecule has 0 bridgehead atoms. The first-order valence-corrected chi connectivity index (χ1v) is 11.9. The zero-order chi connectivity index (χ0) is 22.8. The van der Waals surface area contributed by atoms with Gasteiger partial charge < -0.3 is 10.3 Å². The normalized spacial score (nSPS) is 19.9. The highest BCUT2D eigenvalue weighted by Crippen LogP contribution is 2.47. The van der Waals surface area contributed by atoms with Gasteiger partial charge in [0.2, 0.25) is 5.95 Å². The molecule has 0 unspecified atom stereocenters. The molecule has 0 amide bonds. The highest BCUT2D eigenvalue weighted by atomic mass is 35.5. The van der Waals surface area contributed by atoms with E-state index in [9.17, 15) is 4.79 Å². The van der Waals surface area contributed by atoms with Crippen LogP contribution in [0.2, 0.25) is 5.02 Å². The van der Waals surface area contributed by atoms with Gasteiger partial charge in [-0.15, -0.1) is 0 Å². The van der Waals surface area contributed by atoms with E-state index in [4.69, 9.17) is 16.6 Å². The van der Waals surface area contributed by atoms with Gasteiger partial charge in [-0.3, -0.25) is 9.36 Å². The summed E-state index contributed by atoms with van der Waals surface area (Å²) in [7, 11) is 0. The Bertz CT molecular complexity index is 1640. The summed E-state index contributed by atoms with van der Waals surface area (Å²) in [4.78, 5) is 22.1. The van der Waals surface area contributed by atoms with Crippen LogP contribution >= 0.6 is 11.6 Å². The number of nitrogens with one attached hydrogen (secondary N) is 2. The van der Waals surface area contributed by atoms with Gasteiger partial charge in [0.25, 0.3) is 0 Å². The Kier molecular flexibility index (Phi) is 4.23. The summed E-state index contributed by atoms with van der Waals surface area (Å²) < 4.78 is 2.18. The molecule has 0 saturated heterocycles. The summed E-state index contributed by atoms with van der Waals surface area (Å²) in [5.41, 5.74) is 6.95. The van der Waals surface area contributed by atoms with Crippen molar-refractivity contribution in [1.82, 2.24) is 14.5 Å². The first-order chi connectivity index (χ1) is 16.7. The Morgan fingerprint density at radius 1 is 0.971 bits per heavy atom. The van der Waals surface area contributed by atoms with E-state index in [0.29, 0.717) is 11.4 Å². The second-order valence-electron chi connectivity index (χ2n) is 9.09. The van der Waals surface area contributed by atoms with Gasteiger partial charge in [-0.1, -0.05) is 54.1 Å². The number of nitrogens with zero attached hydrogens (tertiary/aromatic N) is 2. The topological polar surface area (TPSA) is 62.7 Å². The van der Waals surface area contributed by atoms with Crippen LogP contribution in [0.3, 0.4) is 0 Å². The Morgan fingerprint density at radius 2 is 1.82 bits per heavy atom. The summed E-state index contributed by atoms with van der Waals surface area (Å²) in [6.45, 7) is 0. The number of H-pyrrole nitrogens is 1. The molecule has 0 radical (unpaired) electrons. The van der Waals surface area contributed by atoms with E-state index < -0.39 is 0 Å². The van der Waals surface area contributed by atoms with Crippen LogP contribution < -0.4 is 5.32 Å². The van der Waals surface area contributed by atoms with Crippen molar-refractivity contribution in [3.63, 3.8) is 0 Å². The minimum Gasteiger partial charge on any atom is -0.361 e. The number of imidazole rings is 1. The van der Waals surface area contributed by atoms with Crippen molar-refractivity contribution in [2.75, 3.05) is 5.32 Å². The van der Waals surface area contributed by atoms with Crippen molar-refractivity contribution in [3.05, 3.63) is 106 Å². The van der Waals surface area contributed by atoms with Crippen LogP contribution in [0.5, 0.6) is 0 Å². The Balaban J connectivity index is 1.45. The lowest BCUT2D eigenvalue weighted by atomic mass is 9.77. The number of benzene rings is 3. The van der Waals surface area contributed by atoms with Gasteiger partial charge in [0.1, 0.15) is 0 Å². The third kappa shape index (κ3) is 2.87. The average Bonchev–Trinajstić information content (AvgIpc) is 3.44. The van der Waals surface area contributed by atoms with Crippen molar-refractivity contribution in [2.45, 2.75) is 24.8 Å². The summed E-state index contributed by atoms with van der Waals surface area (Å²) in [6, 6.07) is 24.0. The molecule has 2 aliphatic rings. The average molecular weight is 465 g/mol. The summed E-state index contributed by atoms with van der Waals surface area (Å²) in [5, 5.41) is 5.35. The molecule has 6 heteroatoms. The molecule has 3 heterocycles. The lowest BCUT2D eigenvalue weighted by Crippen LogP contribution is -2.33. The molecule has 0 spiro atoms. The molecule has 2 N–H and O–H groups in total. The predicted molar refractivity (Wildman–Crippen MR) is 135 cm³/mol. The number of halogens is 1. The van der Waals surface area contributed by atoms with Gasteiger partial charge in [-0.05, 0) is 48.2 Å². The van der Waals surface area contributed by atoms with Gasteiger partial charge in [0.05, 0.1) is 17.1 Å². The van der Waals surface area contributed by atoms with Gasteiger partial charge in [0.15, 0.2) is 5.78 Å². The zero-order valence-corrected chi connectivity index (χ0v) is 19.0. The number of hydrogen-bond donors (Lipinski definition) is 2. The maximum absolute atomic E-state index is 13.8. The second-order valence-corrected chi connectivity index (χ2v) is 9.52. The van der Waals surface area contributed by atoms with Crippen molar-refractivity contribution < 1.29 is 4.79 Å². The van der Waals surface area contributed by atoms with Crippen LogP contribution in [-0.2, 0) is 4.79 Å². The molecule has 166 valence electrons. The number of hydrogen-bond acceptors (Lipinski definition) is 3. The van der Waals surface area contributed by atoms with Crippen LogP contribution in [0.25, 0.3) is 21.9 Å². The van der Waals surface area contributed by atoms with E-state index in [1.54, 1.807) is 0 Å². The Hall–Kier alpha value is -3.83. The number of carbonyl (C=O) groups is 1. The maximum Gasteiger partial charge on any atom is 0.209 e. The van der Waals surface area contributed by atoms with Crippen LogP contribution in [0.1, 0.15) is 35.9 Å². The van der Waals surface area contributed by atoms with Crippen LogP contribution in [0, 0.1) is 0 Å². The fourth-order valence-electron chi connectivity index (χ4n) is 5.64. The van der Waals surface area contributed by atoms with Crippen molar-refractivity contribution in [3.8, 4) is 0 Å². The van der Waals surface area contributed by atoms with Gasteiger partial charge in [0, 0.05) is 45.4 Å². The number of fused-ring (bicyclic) bond motifs is 4. The SMILES string of the molecule is O=C1C[C@@H](c2cccc(Cl)c2)CC2=C1[C@H](c1c[nH]c3ccccc13)n1c(nc3ccccc31)N2. The monoisotopic (exact) mass is 464 g/mol. The molecule has 1 aliphatic heterocycles. The maximum atomic E-state index is 13.8. The van der Waals surface area contributed by atoms with E-state index in [0.717, 1.165) is 56.7 Å². The fraction of sp³-hybridized carbons (Fsp3) is 0.143. The highest BCUT2D eigenvalue weighted by molar-refractivity contribution is 6.30. The van der Waals surface area contributed by atoms with E-state index in [1.807, 2.05) is 54.7 Å². The lowest BCUT2D eigenvalue weighted by Gasteiger charge is -2.36. The third-order valence-electron chi connectivity index (χ3n) is 7.13. The fourth-order valence-corrected chi connectivity index (χ4v) is 5.83. The minimum atomic E-state index is -0.248. The van der Waals surface area contributed by atoms with Gasteiger partial charge >= 0.3 is 0 Å². The van der Waals surface area contributed by atoms with Crippen molar-refractivity contribution in [1.29, 1.82) is 0 Å². The molecule has 5 nitrogen and oxygen atoms in total. The van der Waals surface area contributed by atoms with Crippen molar-refractivity contribution >= 4 is 45.3 Å². The summed E-state index contributed by atoms with van der Waals surface area (Å²) >= 11 is 6.27. The van der Waals surface area contributed by atoms with Gasteiger partial charge in [-0.25, -0.2) is 4.98 Å². The minimum absolute atomic E-state index is 0.0806. The molecule has 3 aromatic carbocycles. The Morgan fingerprint density at radius 3 is 2.74 bits per heavy atom. The molecule has 0 saturated carbocycles. The standard InChI is InChI=1S/C28H21ClN4O/c29-18-7-5-6-16(12-18)17-13-23-26(25(34)14-17)27(20-15-30-21-9-2-1-8-19(20)21)33-24-11-4-3-10-22(24)31-28(33)32-23/h1-12,15,17,27,30H,13-14H2,(H,31,32)/t17-,27-/m0/s1. The van der Waals surface area contributed by atoms with Crippen LogP contribution in [-0.4, -0.2) is 20.3 Å². The second kappa shape index (κ2) is 7.34. The molecule has 34 heavy (non-hydrogen) atoms. The molecular formula is C28H21ClN4O. The highest BCUT2D eigenvalue weighted by Gasteiger charge is 2.40. The van der Waals surface area contributed by atoms with E-state index in [-0.39, 0.29) is 17.7 Å². The first-order valence-electron chi connectivity index (χ1n) is 11.5. The number of carbonyl (C=O) groups excluding carboxylic acids is 1. The molecule has 2 atom stereocenters. The third-order valence-corrected chi connectivity index (χ3v) is 7.37. The molecule has 1 aliphatic carbocycles. The number of para-hydroxylation sites is 3.